The number of amides is 1. The van der Waals surface area contributed by atoms with Crippen LogP contribution in [0.5, 0.6) is 5.75 Å². The second-order valence-corrected chi connectivity index (χ2v) is 5.18. The number of nitrogen functional groups attached to an aromatic ring is 1. The Hall–Kier alpha value is -1.71. The van der Waals surface area contributed by atoms with E-state index in [9.17, 15) is 4.79 Å². The Balaban J connectivity index is 1.84. The van der Waals surface area contributed by atoms with Gasteiger partial charge in [0, 0.05) is 17.8 Å². The number of nitrogens with two attached hydrogens (primary N) is 1. The molecule has 0 radical (unpaired) electrons. The van der Waals surface area contributed by atoms with Crippen LogP contribution in [0.2, 0.25) is 0 Å². The van der Waals surface area contributed by atoms with Crippen molar-refractivity contribution in [3.8, 4) is 5.75 Å². The van der Waals surface area contributed by atoms with E-state index in [1.54, 1.807) is 25.1 Å². The van der Waals surface area contributed by atoms with Gasteiger partial charge in [-0.2, -0.15) is 0 Å². The highest BCUT2D eigenvalue weighted by Crippen LogP contribution is 2.19. The molecule has 0 bridgehead atoms. The minimum atomic E-state index is -0.497. The van der Waals surface area contributed by atoms with Crippen LogP contribution in [0.15, 0.2) is 24.3 Å². The predicted octanol–water partition coefficient (Wildman–Crippen LogP) is 2.49. The third-order valence-corrected chi connectivity index (χ3v) is 3.49. The average Bonchev–Trinajstić information content (AvgIpc) is 2.40. The summed E-state index contributed by atoms with van der Waals surface area (Å²) >= 11 is 0. The summed E-state index contributed by atoms with van der Waals surface area (Å²) < 4.78 is 5.61. The first kappa shape index (κ1) is 13.7. The van der Waals surface area contributed by atoms with Gasteiger partial charge in [0.1, 0.15) is 5.75 Å². The number of anilines is 1. The standard InChI is InChI=1S/C15H22N2O2/c1-11(19-14-9-5-6-12(16)10-14)15(18)17-13-7-3-2-4-8-13/h5-6,9-11,13H,2-4,7-8,16H2,1H3,(H,17,18)/t11-/m1/s1. The normalized spacial score (nSPS) is 17.7. The van der Waals surface area contributed by atoms with E-state index in [1.165, 1.54) is 19.3 Å². The van der Waals surface area contributed by atoms with Crippen molar-refractivity contribution in [2.45, 2.75) is 51.2 Å². The molecule has 0 saturated heterocycles. The SMILES string of the molecule is C[C@@H](Oc1cccc(N)c1)C(=O)NC1CCCCC1. The zero-order valence-electron chi connectivity index (χ0n) is 11.4. The fourth-order valence-corrected chi connectivity index (χ4v) is 2.41. The number of nitrogens with one attached hydrogen (secondary N) is 1. The van der Waals surface area contributed by atoms with Gasteiger partial charge >= 0.3 is 0 Å². The van der Waals surface area contributed by atoms with Crippen LogP contribution >= 0.6 is 0 Å². The van der Waals surface area contributed by atoms with E-state index in [2.05, 4.69) is 5.32 Å². The van der Waals surface area contributed by atoms with Crippen LogP contribution in [0.25, 0.3) is 0 Å². The molecule has 1 amide bonds. The van der Waals surface area contributed by atoms with Crippen molar-refractivity contribution in [3.05, 3.63) is 24.3 Å². The van der Waals surface area contributed by atoms with Crippen LogP contribution in [-0.4, -0.2) is 18.1 Å². The van der Waals surface area contributed by atoms with Gasteiger partial charge < -0.3 is 15.8 Å². The Bertz CT molecular complexity index is 428. The van der Waals surface area contributed by atoms with E-state index in [1.807, 2.05) is 6.07 Å². The zero-order chi connectivity index (χ0) is 13.7. The first-order valence-corrected chi connectivity index (χ1v) is 6.98. The van der Waals surface area contributed by atoms with E-state index in [0.717, 1.165) is 12.8 Å². The molecule has 0 aromatic heterocycles. The summed E-state index contributed by atoms with van der Waals surface area (Å²) in [4.78, 5) is 12.0. The molecule has 1 aromatic carbocycles. The Kier molecular flexibility index (Phi) is 4.66. The van der Waals surface area contributed by atoms with Crippen LogP contribution in [0.4, 0.5) is 5.69 Å². The van der Waals surface area contributed by atoms with Gasteiger partial charge in [-0.1, -0.05) is 25.3 Å². The smallest absolute Gasteiger partial charge is 0.260 e. The van der Waals surface area contributed by atoms with Crippen LogP contribution in [0, 0.1) is 0 Å². The number of hydrogen-bond donors (Lipinski definition) is 2. The molecule has 1 fully saturated rings. The van der Waals surface area contributed by atoms with Gasteiger partial charge in [0.05, 0.1) is 0 Å². The highest BCUT2D eigenvalue weighted by atomic mass is 16.5. The second kappa shape index (κ2) is 6.45. The van der Waals surface area contributed by atoms with Crippen molar-refractivity contribution in [1.82, 2.24) is 5.32 Å². The van der Waals surface area contributed by atoms with Gasteiger partial charge in [0.2, 0.25) is 0 Å². The molecular weight excluding hydrogens is 240 g/mol. The van der Waals surface area contributed by atoms with Crippen LogP contribution < -0.4 is 15.8 Å². The van der Waals surface area contributed by atoms with E-state index >= 15 is 0 Å². The van der Waals surface area contributed by atoms with Crippen LogP contribution in [-0.2, 0) is 4.79 Å². The molecule has 0 unspecified atom stereocenters. The summed E-state index contributed by atoms with van der Waals surface area (Å²) in [5.74, 6) is 0.584. The number of carbonyl (C=O) groups excluding carboxylic acids is 1. The van der Waals surface area contributed by atoms with E-state index < -0.39 is 6.10 Å². The van der Waals surface area contributed by atoms with Crippen molar-refractivity contribution in [1.29, 1.82) is 0 Å². The number of benzene rings is 1. The fourth-order valence-electron chi connectivity index (χ4n) is 2.41. The van der Waals surface area contributed by atoms with Gasteiger partial charge in [-0.3, -0.25) is 4.79 Å². The third-order valence-electron chi connectivity index (χ3n) is 3.49. The molecule has 1 aliphatic rings. The Morgan fingerprint density at radius 1 is 1.37 bits per heavy atom. The number of ether oxygens (including phenoxy) is 1. The van der Waals surface area contributed by atoms with Gasteiger partial charge in [-0.25, -0.2) is 0 Å². The fraction of sp³-hybridized carbons (Fsp3) is 0.533. The molecule has 2 rings (SSSR count). The van der Waals surface area contributed by atoms with E-state index in [0.29, 0.717) is 17.5 Å². The zero-order valence-corrected chi connectivity index (χ0v) is 11.4. The van der Waals surface area contributed by atoms with Crippen LogP contribution in [0.3, 0.4) is 0 Å². The molecule has 0 aliphatic heterocycles. The molecular formula is C15H22N2O2. The maximum atomic E-state index is 12.0. The summed E-state index contributed by atoms with van der Waals surface area (Å²) in [5, 5.41) is 3.06. The quantitative estimate of drug-likeness (QED) is 0.819. The molecule has 1 aromatic rings. The maximum Gasteiger partial charge on any atom is 0.260 e. The van der Waals surface area contributed by atoms with Crippen molar-refractivity contribution in [2.24, 2.45) is 0 Å². The molecule has 1 saturated carbocycles. The molecule has 4 nitrogen and oxygen atoms in total. The predicted molar refractivity (Wildman–Crippen MR) is 76.0 cm³/mol. The van der Waals surface area contributed by atoms with Crippen LogP contribution in [0.1, 0.15) is 39.0 Å². The lowest BCUT2D eigenvalue weighted by Crippen LogP contribution is -2.43. The van der Waals surface area contributed by atoms with E-state index in [4.69, 9.17) is 10.5 Å². The molecule has 3 N–H and O–H groups in total. The summed E-state index contributed by atoms with van der Waals surface area (Å²) in [6.07, 6.45) is 5.35. The molecule has 4 heteroatoms. The molecule has 1 atom stereocenters. The van der Waals surface area contributed by atoms with E-state index in [-0.39, 0.29) is 5.91 Å². The van der Waals surface area contributed by atoms with Crippen molar-refractivity contribution in [2.75, 3.05) is 5.73 Å². The van der Waals surface area contributed by atoms with Crippen molar-refractivity contribution < 1.29 is 9.53 Å². The third kappa shape index (κ3) is 4.16. The lowest BCUT2D eigenvalue weighted by Gasteiger charge is -2.24. The topological polar surface area (TPSA) is 64.3 Å². The first-order chi connectivity index (χ1) is 9.15. The van der Waals surface area contributed by atoms with Gasteiger partial charge in [0.25, 0.3) is 5.91 Å². The maximum absolute atomic E-state index is 12.0. The molecule has 19 heavy (non-hydrogen) atoms. The minimum absolute atomic E-state index is 0.0469. The number of carbonyl (C=O) groups is 1. The van der Waals surface area contributed by atoms with Crippen molar-refractivity contribution in [3.63, 3.8) is 0 Å². The first-order valence-electron chi connectivity index (χ1n) is 6.98. The monoisotopic (exact) mass is 262 g/mol. The summed E-state index contributed by atoms with van der Waals surface area (Å²) in [6.45, 7) is 1.77. The molecule has 0 spiro atoms. The number of rotatable bonds is 4. The summed E-state index contributed by atoms with van der Waals surface area (Å²) in [6, 6.07) is 7.45. The van der Waals surface area contributed by atoms with Gasteiger partial charge in [-0.05, 0) is 31.9 Å². The van der Waals surface area contributed by atoms with Gasteiger partial charge in [-0.15, -0.1) is 0 Å². The Morgan fingerprint density at radius 2 is 2.11 bits per heavy atom. The summed E-state index contributed by atoms with van der Waals surface area (Å²) in [5.41, 5.74) is 6.32. The lowest BCUT2D eigenvalue weighted by molar-refractivity contribution is -0.128. The van der Waals surface area contributed by atoms with Gasteiger partial charge in [0.15, 0.2) is 6.10 Å². The Labute approximate surface area is 114 Å². The summed E-state index contributed by atoms with van der Waals surface area (Å²) in [7, 11) is 0. The second-order valence-electron chi connectivity index (χ2n) is 5.18. The average molecular weight is 262 g/mol. The Morgan fingerprint density at radius 3 is 2.79 bits per heavy atom. The number of hydrogen-bond acceptors (Lipinski definition) is 3. The minimum Gasteiger partial charge on any atom is -0.481 e. The van der Waals surface area contributed by atoms with Crippen molar-refractivity contribution >= 4 is 11.6 Å². The molecule has 0 heterocycles. The largest absolute Gasteiger partial charge is 0.481 e. The lowest BCUT2D eigenvalue weighted by atomic mass is 9.95. The highest BCUT2D eigenvalue weighted by molar-refractivity contribution is 5.81. The molecule has 104 valence electrons. The highest BCUT2D eigenvalue weighted by Gasteiger charge is 2.20. The molecule has 1 aliphatic carbocycles.